The summed E-state index contributed by atoms with van der Waals surface area (Å²) in [6.07, 6.45) is -2.33. The van der Waals surface area contributed by atoms with E-state index in [0.717, 1.165) is 28.6 Å². The Hall–Kier alpha value is -2.50. The van der Waals surface area contributed by atoms with Crippen LogP contribution in [0, 0.1) is 0 Å². The summed E-state index contributed by atoms with van der Waals surface area (Å²) in [5, 5.41) is 7.52. The topological polar surface area (TPSA) is 54.7 Å². The number of alkyl halides is 3. The molecule has 0 amide bonds. The number of H-pyrrole nitrogens is 1. The van der Waals surface area contributed by atoms with Crippen LogP contribution in [0.4, 0.5) is 18.9 Å². The number of benzene rings is 2. The number of aromatic nitrogens is 2. The van der Waals surface area contributed by atoms with Gasteiger partial charge < -0.3 is 5.73 Å². The Bertz CT molecular complexity index is 790. The molecule has 0 aliphatic heterocycles. The van der Waals surface area contributed by atoms with Crippen molar-refractivity contribution in [1.82, 2.24) is 10.2 Å². The van der Waals surface area contributed by atoms with E-state index in [9.17, 15) is 13.2 Å². The fraction of sp³-hybridized carbons (Fsp3) is 0.133. The molecule has 1 heterocycles. The normalized spacial score (nSPS) is 12.0. The van der Waals surface area contributed by atoms with Crippen LogP contribution in [0.25, 0.3) is 10.9 Å². The predicted octanol–water partition coefficient (Wildman–Crippen LogP) is 3.75. The number of hydrogen-bond acceptors (Lipinski definition) is 2. The van der Waals surface area contributed by atoms with Gasteiger partial charge in [0.2, 0.25) is 0 Å². The average molecular weight is 291 g/mol. The fourth-order valence-electron chi connectivity index (χ4n) is 2.34. The number of rotatable bonds is 2. The smallest absolute Gasteiger partial charge is 0.398 e. The number of nitrogen functional groups attached to an aromatic ring is 1. The standard InChI is InChI=1S/C15H12F3N3/c16-15(17,18)11-3-1-2-9(5-11)4-10-6-13(19)12-8-20-21-14(12)7-10/h1-3,5-8H,4,19H2,(H,20,21). The van der Waals surface area contributed by atoms with Crippen LogP contribution in [0.1, 0.15) is 16.7 Å². The van der Waals surface area contributed by atoms with Crippen LogP contribution in [-0.4, -0.2) is 10.2 Å². The first kappa shape index (κ1) is 13.5. The largest absolute Gasteiger partial charge is 0.416 e. The van der Waals surface area contributed by atoms with Gasteiger partial charge in [-0.05, 0) is 35.7 Å². The molecule has 0 aliphatic rings. The van der Waals surface area contributed by atoms with Crippen molar-refractivity contribution in [3.8, 4) is 0 Å². The van der Waals surface area contributed by atoms with E-state index in [0.29, 0.717) is 17.7 Å². The van der Waals surface area contributed by atoms with Gasteiger partial charge in [-0.2, -0.15) is 18.3 Å². The van der Waals surface area contributed by atoms with Crippen LogP contribution in [0.2, 0.25) is 0 Å². The molecule has 3 aromatic rings. The predicted molar refractivity (Wildman–Crippen MR) is 74.8 cm³/mol. The molecule has 6 heteroatoms. The third-order valence-electron chi connectivity index (χ3n) is 3.31. The van der Waals surface area contributed by atoms with Crippen molar-refractivity contribution >= 4 is 16.6 Å². The number of aromatic amines is 1. The Balaban J connectivity index is 1.95. The highest BCUT2D eigenvalue weighted by atomic mass is 19.4. The lowest BCUT2D eigenvalue weighted by Gasteiger charge is -2.09. The molecule has 0 radical (unpaired) electrons. The number of anilines is 1. The second kappa shape index (κ2) is 4.80. The van der Waals surface area contributed by atoms with E-state index >= 15 is 0 Å². The number of nitrogens with zero attached hydrogens (tertiary/aromatic N) is 1. The molecule has 0 aliphatic carbocycles. The molecule has 0 atom stereocenters. The third kappa shape index (κ3) is 2.69. The molecule has 0 bridgehead atoms. The minimum atomic E-state index is -4.33. The summed E-state index contributed by atoms with van der Waals surface area (Å²) >= 11 is 0. The summed E-state index contributed by atoms with van der Waals surface area (Å²) in [4.78, 5) is 0. The van der Waals surface area contributed by atoms with Gasteiger partial charge in [-0.25, -0.2) is 0 Å². The van der Waals surface area contributed by atoms with Gasteiger partial charge in [-0.1, -0.05) is 18.2 Å². The van der Waals surface area contributed by atoms with Crippen LogP contribution < -0.4 is 5.73 Å². The molecule has 0 saturated carbocycles. The zero-order chi connectivity index (χ0) is 15.0. The Labute approximate surface area is 118 Å². The summed E-state index contributed by atoms with van der Waals surface area (Å²) in [6, 6.07) is 8.92. The molecule has 0 unspecified atom stereocenters. The summed E-state index contributed by atoms with van der Waals surface area (Å²) in [7, 11) is 0. The van der Waals surface area contributed by atoms with Crippen LogP contribution >= 0.6 is 0 Å². The van der Waals surface area contributed by atoms with E-state index in [-0.39, 0.29) is 0 Å². The van der Waals surface area contributed by atoms with E-state index in [1.807, 2.05) is 6.07 Å². The van der Waals surface area contributed by atoms with E-state index in [1.165, 1.54) is 6.07 Å². The Morgan fingerprint density at radius 1 is 1.10 bits per heavy atom. The van der Waals surface area contributed by atoms with E-state index < -0.39 is 11.7 Å². The van der Waals surface area contributed by atoms with Crippen molar-refractivity contribution < 1.29 is 13.2 Å². The van der Waals surface area contributed by atoms with Gasteiger partial charge in [0, 0.05) is 11.1 Å². The molecule has 2 aromatic carbocycles. The van der Waals surface area contributed by atoms with E-state index in [4.69, 9.17) is 5.73 Å². The molecule has 21 heavy (non-hydrogen) atoms. The SMILES string of the molecule is Nc1cc(Cc2cccc(C(F)(F)F)c2)cc2[nH]ncc12. The van der Waals surface area contributed by atoms with Crippen LogP contribution in [0.15, 0.2) is 42.6 Å². The molecule has 108 valence electrons. The van der Waals surface area contributed by atoms with Gasteiger partial charge in [-0.3, -0.25) is 5.10 Å². The minimum absolute atomic E-state index is 0.378. The molecule has 3 nitrogen and oxygen atoms in total. The number of fused-ring (bicyclic) bond motifs is 1. The minimum Gasteiger partial charge on any atom is -0.398 e. The Morgan fingerprint density at radius 3 is 2.67 bits per heavy atom. The van der Waals surface area contributed by atoms with Crippen molar-refractivity contribution in [3.05, 3.63) is 59.3 Å². The van der Waals surface area contributed by atoms with Crippen molar-refractivity contribution in [1.29, 1.82) is 0 Å². The molecular formula is C15H12F3N3. The number of halogens is 3. The highest BCUT2D eigenvalue weighted by Crippen LogP contribution is 2.30. The van der Waals surface area contributed by atoms with E-state index in [1.54, 1.807) is 18.3 Å². The van der Waals surface area contributed by atoms with Crippen molar-refractivity contribution in [2.45, 2.75) is 12.6 Å². The summed E-state index contributed by atoms with van der Waals surface area (Å²) in [5.41, 5.74) is 8.03. The molecular weight excluding hydrogens is 279 g/mol. The van der Waals surface area contributed by atoms with Crippen LogP contribution in [-0.2, 0) is 12.6 Å². The van der Waals surface area contributed by atoms with Crippen molar-refractivity contribution in [3.63, 3.8) is 0 Å². The molecule has 1 aromatic heterocycles. The second-order valence-electron chi connectivity index (χ2n) is 4.89. The first-order valence-electron chi connectivity index (χ1n) is 6.31. The van der Waals surface area contributed by atoms with Gasteiger partial charge in [-0.15, -0.1) is 0 Å². The maximum absolute atomic E-state index is 12.7. The van der Waals surface area contributed by atoms with Gasteiger partial charge in [0.1, 0.15) is 0 Å². The maximum atomic E-state index is 12.7. The van der Waals surface area contributed by atoms with Crippen LogP contribution in [0.3, 0.4) is 0 Å². The van der Waals surface area contributed by atoms with Gasteiger partial charge in [0.05, 0.1) is 17.3 Å². The quantitative estimate of drug-likeness (QED) is 0.706. The van der Waals surface area contributed by atoms with Gasteiger partial charge in [0.15, 0.2) is 0 Å². The Kier molecular flexibility index (Phi) is 3.08. The Morgan fingerprint density at radius 2 is 1.90 bits per heavy atom. The monoisotopic (exact) mass is 291 g/mol. The number of hydrogen-bond donors (Lipinski definition) is 2. The lowest BCUT2D eigenvalue weighted by atomic mass is 10.0. The van der Waals surface area contributed by atoms with Gasteiger partial charge >= 0.3 is 6.18 Å². The zero-order valence-electron chi connectivity index (χ0n) is 10.9. The van der Waals surface area contributed by atoms with Crippen LogP contribution in [0.5, 0.6) is 0 Å². The van der Waals surface area contributed by atoms with E-state index in [2.05, 4.69) is 10.2 Å². The lowest BCUT2D eigenvalue weighted by molar-refractivity contribution is -0.137. The number of nitrogens with one attached hydrogen (secondary N) is 1. The molecule has 3 N–H and O–H groups in total. The van der Waals surface area contributed by atoms with Crippen molar-refractivity contribution in [2.24, 2.45) is 0 Å². The molecule has 0 saturated heterocycles. The zero-order valence-corrected chi connectivity index (χ0v) is 10.9. The van der Waals surface area contributed by atoms with Crippen molar-refractivity contribution in [2.75, 3.05) is 5.73 Å². The highest BCUT2D eigenvalue weighted by molar-refractivity contribution is 5.90. The molecule has 0 fully saturated rings. The fourth-order valence-corrected chi connectivity index (χ4v) is 2.34. The maximum Gasteiger partial charge on any atom is 0.416 e. The first-order chi connectivity index (χ1) is 9.93. The third-order valence-corrected chi connectivity index (χ3v) is 3.31. The molecule has 0 spiro atoms. The summed E-state index contributed by atoms with van der Waals surface area (Å²) < 4.78 is 38.1. The average Bonchev–Trinajstić information content (AvgIpc) is 2.87. The first-order valence-corrected chi connectivity index (χ1v) is 6.31. The highest BCUT2D eigenvalue weighted by Gasteiger charge is 2.30. The molecule has 3 rings (SSSR count). The summed E-state index contributed by atoms with van der Waals surface area (Å²) in [5.74, 6) is 0. The second-order valence-corrected chi connectivity index (χ2v) is 4.89. The summed E-state index contributed by atoms with van der Waals surface area (Å²) in [6.45, 7) is 0. The number of nitrogens with two attached hydrogens (primary N) is 1. The van der Waals surface area contributed by atoms with Gasteiger partial charge in [0.25, 0.3) is 0 Å². The lowest BCUT2D eigenvalue weighted by Crippen LogP contribution is -2.05.